The van der Waals surface area contributed by atoms with Crippen molar-refractivity contribution in [1.82, 2.24) is 10.2 Å². The van der Waals surface area contributed by atoms with Gasteiger partial charge in [0.05, 0.1) is 0 Å². The van der Waals surface area contributed by atoms with Gasteiger partial charge in [-0.2, -0.15) is 0 Å². The molecule has 0 radical (unpaired) electrons. The van der Waals surface area contributed by atoms with Crippen LogP contribution >= 0.6 is 0 Å². The minimum absolute atomic E-state index is 0.921. The molecule has 0 aromatic rings. The van der Waals surface area contributed by atoms with Gasteiger partial charge in [0.1, 0.15) is 0 Å². The lowest BCUT2D eigenvalue weighted by atomic mass is 10.0. The average Bonchev–Trinajstić information content (AvgIpc) is 2.97. The molecule has 0 aromatic carbocycles. The number of fused-ring (bicyclic) bond motifs is 4. The molecular formula is C13H24N2. The van der Waals surface area contributed by atoms with Gasteiger partial charge in [0.15, 0.2) is 0 Å². The van der Waals surface area contributed by atoms with Gasteiger partial charge >= 0.3 is 0 Å². The molecule has 0 aromatic heterocycles. The molecule has 15 heavy (non-hydrogen) atoms. The predicted octanol–water partition coefficient (Wildman–Crippen LogP) is 1.86. The van der Waals surface area contributed by atoms with Crippen molar-refractivity contribution in [3.05, 3.63) is 0 Å². The number of nitrogens with one attached hydrogen (secondary N) is 1. The summed E-state index contributed by atoms with van der Waals surface area (Å²) in [6, 6.07) is 0.921. The van der Waals surface area contributed by atoms with E-state index in [1.54, 1.807) is 0 Å². The summed E-state index contributed by atoms with van der Waals surface area (Å²) < 4.78 is 0. The number of hydrogen-bond acceptors (Lipinski definition) is 2. The van der Waals surface area contributed by atoms with E-state index in [0.717, 1.165) is 17.9 Å². The summed E-state index contributed by atoms with van der Waals surface area (Å²) >= 11 is 0. The lowest BCUT2D eigenvalue weighted by Gasteiger charge is -2.20. The van der Waals surface area contributed by atoms with Crippen molar-refractivity contribution in [2.45, 2.75) is 44.6 Å². The molecule has 4 rings (SSSR count). The fourth-order valence-electron chi connectivity index (χ4n) is 3.73. The van der Waals surface area contributed by atoms with Crippen molar-refractivity contribution < 1.29 is 0 Å². The van der Waals surface area contributed by atoms with Gasteiger partial charge in [0.2, 0.25) is 0 Å². The number of rotatable bonds is 0. The lowest BCUT2D eigenvalue weighted by molar-refractivity contribution is 0.270. The summed E-state index contributed by atoms with van der Waals surface area (Å²) in [6.45, 7) is 5.51. The SMILES string of the molecule is C1CC2CC1CN2.C1CC2CCN(C1)C2. The molecule has 3 heterocycles. The molecule has 0 amide bonds. The normalized spacial score (nSPS) is 46.4. The maximum Gasteiger partial charge on any atom is 0.00704 e. The first kappa shape index (κ1) is 10.1. The highest BCUT2D eigenvalue weighted by Gasteiger charge is 2.30. The van der Waals surface area contributed by atoms with Gasteiger partial charge in [-0.1, -0.05) is 0 Å². The van der Waals surface area contributed by atoms with Crippen LogP contribution in [0, 0.1) is 11.8 Å². The Morgan fingerprint density at radius 2 is 1.93 bits per heavy atom. The number of hydrogen-bond donors (Lipinski definition) is 1. The standard InChI is InChI=1S/C7H13N.C6H11N/c1-2-7-3-5-8(4-1)6-7;1-2-6-3-5(1)4-7-6/h7H,1-6H2;5-7H,1-4H2. The first-order chi connectivity index (χ1) is 7.40. The van der Waals surface area contributed by atoms with Crippen molar-refractivity contribution in [2.75, 3.05) is 26.2 Å². The summed E-state index contributed by atoms with van der Waals surface area (Å²) in [5.74, 6) is 2.15. The topological polar surface area (TPSA) is 15.3 Å². The van der Waals surface area contributed by atoms with Crippen molar-refractivity contribution in [2.24, 2.45) is 11.8 Å². The summed E-state index contributed by atoms with van der Waals surface area (Å²) in [6.07, 6.45) is 8.88. The third-order valence-corrected chi connectivity index (χ3v) is 4.69. The highest BCUT2D eigenvalue weighted by molar-refractivity contribution is 4.88. The van der Waals surface area contributed by atoms with Gasteiger partial charge in [-0.05, 0) is 70.0 Å². The maximum atomic E-state index is 3.46. The van der Waals surface area contributed by atoms with E-state index < -0.39 is 0 Å². The Balaban J connectivity index is 0.0000000971. The van der Waals surface area contributed by atoms with E-state index in [9.17, 15) is 0 Å². The average molecular weight is 208 g/mol. The molecule has 4 aliphatic rings. The van der Waals surface area contributed by atoms with Crippen LogP contribution in [0.1, 0.15) is 38.5 Å². The van der Waals surface area contributed by atoms with E-state index in [1.807, 2.05) is 0 Å². The second kappa shape index (κ2) is 4.42. The van der Waals surface area contributed by atoms with Crippen molar-refractivity contribution >= 4 is 0 Å². The largest absolute Gasteiger partial charge is 0.314 e. The van der Waals surface area contributed by atoms with E-state index in [1.165, 1.54) is 64.7 Å². The molecule has 3 saturated heterocycles. The fraction of sp³-hybridized carbons (Fsp3) is 1.00. The highest BCUT2D eigenvalue weighted by Crippen LogP contribution is 2.30. The summed E-state index contributed by atoms with van der Waals surface area (Å²) in [4.78, 5) is 2.59. The number of nitrogens with zero attached hydrogens (tertiary/aromatic N) is 1. The zero-order valence-corrected chi connectivity index (χ0v) is 9.75. The van der Waals surface area contributed by atoms with Crippen molar-refractivity contribution in [3.8, 4) is 0 Å². The molecule has 4 unspecified atom stereocenters. The third kappa shape index (κ3) is 2.36. The quantitative estimate of drug-likeness (QED) is 0.654. The van der Waals surface area contributed by atoms with Gasteiger partial charge in [0.25, 0.3) is 0 Å². The van der Waals surface area contributed by atoms with Crippen LogP contribution in [0.25, 0.3) is 0 Å². The van der Waals surface area contributed by atoms with E-state index in [-0.39, 0.29) is 0 Å². The van der Waals surface area contributed by atoms with E-state index in [0.29, 0.717) is 0 Å². The van der Waals surface area contributed by atoms with Gasteiger partial charge in [-0.3, -0.25) is 0 Å². The zero-order valence-electron chi connectivity index (χ0n) is 9.75. The molecule has 2 heteroatoms. The fourth-order valence-corrected chi connectivity index (χ4v) is 3.73. The monoisotopic (exact) mass is 208 g/mol. The molecule has 86 valence electrons. The van der Waals surface area contributed by atoms with Crippen LogP contribution in [0.4, 0.5) is 0 Å². The molecule has 1 aliphatic carbocycles. The second-order valence-electron chi connectivity index (χ2n) is 5.88. The Kier molecular flexibility index (Phi) is 2.98. The van der Waals surface area contributed by atoms with E-state index in [2.05, 4.69) is 10.2 Å². The van der Waals surface area contributed by atoms with Gasteiger partial charge in [-0.15, -0.1) is 0 Å². The minimum Gasteiger partial charge on any atom is -0.314 e. The molecule has 1 saturated carbocycles. The molecule has 3 aliphatic heterocycles. The minimum atomic E-state index is 0.921. The Morgan fingerprint density at radius 1 is 0.933 bits per heavy atom. The Morgan fingerprint density at radius 3 is 2.40 bits per heavy atom. The molecular weight excluding hydrogens is 184 g/mol. The zero-order chi connectivity index (χ0) is 10.1. The van der Waals surface area contributed by atoms with Crippen LogP contribution < -0.4 is 5.32 Å². The molecule has 0 spiro atoms. The van der Waals surface area contributed by atoms with Crippen LogP contribution in [0.5, 0.6) is 0 Å². The first-order valence-electron chi connectivity index (χ1n) is 6.86. The second-order valence-corrected chi connectivity index (χ2v) is 5.88. The van der Waals surface area contributed by atoms with Gasteiger partial charge in [0, 0.05) is 12.6 Å². The predicted molar refractivity (Wildman–Crippen MR) is 62.9 cm³/mol. The summed E-state index contributed by atoms with van der Waals surface area (Å²) in [5, 5.41) is 3.46. The van der Waals surface area contributed by atoms with Crippen LogP contribution in [0.3, 0.4) is 0 Å². The van der Waals surface area contributed by atoms with Crippen LogP contribution in [-0.4, -0.2) is 37.1 Å². The van der Waals surface area contributed by atoms with Gasteiger partial charge < -0.3 is 10.2 Å². The van der Waals surface area contributed by atoms with Crippen LogP contribution in [-0.2, 0) is 0 Å². The Labute approximate surface area is 93.4 Å². The van der Waals surface area contributed by atoms with Crippen LogP contribution in [0.15, 0.2) is 0 Å². The first-order valence-corrected chi connectivity index (χ1v) is 6.86. The number of piperidine rings is 2. The summed E-state index contributed by atoms with van der Waals surface area (Å²) in [7, 11) is 0. The van der Waals surface area contributed by atoms with E-state index >= 15 is 0 Å². The van der Waals surface area contributed by atoms with E-state index in [4.69, 9.17) is 0 Å². The smallest absolute Gasteiger partial charge is 0.00704 e. The Bertz CT molecular complexity index is 185. The Hall–Kier alpha value is -0.0800. The van der Waals surface area contributed by atoms with Gasteiger partial charge in [-0.25, -0.2) is 0 Å². The molecule has 4 bridgehead atoms. The molecule has 4 atom stereocenters. The maximum absolute atomic E-state index is 3.46. The van der Waals surface area contributed by atoms with Crippen LogP contribution in [0.2, 0.25) is 0 Å². The van der Waals surface area contributed by atoms with Crippen molar-refractivity contribution in [3.63, 3.8) is 0 Å². The molecule has 4 fully saturated rings. The molecule has 2 nitrogen and oxygen atoms in total. The lowest BCUT2D eigenvalue weighted by Crippen LogP contribution is -2.25. The highest BCUT2D eigenvalue weighted by atomic mass is 15.1. The van der Waals surface area contributed by atoms with Crippen molar-refractivity contribution in [1.29, 1.82) is 0 Å². The third-order valence-electron chi connectivity index (χ3n) is 4.69. The summed E-state index contributed by atoms with van der Waals surface area (Å²) in [5.41, 5.74) is 0. The molecule has 1 N–H and O–H groups in total.